The van der Waals surface area contributed by atoms with E-state index in [0.29, 0.717) is 0 Å². The molecule has 0 aromatic heterocycles. The van der Waals surface area contributed by atoms with E-state index in [2.05, 4.69) is 0 Å². The Hall–Kier alpha value is -0.820. The molecule has 25 heavy (non-hydrogen) atoms. The van der Waals surface area contributed by atoms with E-state index < -0.39 is 67.8 Å². The molecule has 144 valence electrons. The van der Waals surface area contributed by atoms with Gasteiger partial charge in [-0.05, 0) is 18.4 Å². The molecule has 0 unspecified atom stereocenters. The summed E-state index contributed by atoms with van der Waals surface area (Å²) in [5, 5.41) is 69.1. The Balaban J connectivity index is 1.78. The first-order chi connectivity index (χ1) is 11.8. The van der Waals surface area contributed by atoms with E-state index in [1.54, 1.807) is 6.08 Å². The molecule has 1 saturated heterocycles. The number of allylic oxidation sites excluding steroid dienone is 1. The molecule has 0 aromatic rings. The maximum Gasteiger partial charge on any atom is 0.208 e. The normalized spacial score (nSPS) is 52.7. The third-order valence-corrected chi connectivity index (χ3v) is 5.31. The molecule has 0 bridgehead atoms. The lowest BCUT2D eigenvalue weighted by Gasteiger charge is -2.44. The van der Waals surface area contributed by atoms with Gasteiger partial charge in [0.05, 0.1) is 31.5 Å². The van der Waals surface area contributed by atoms with Crippen LogP contribution in [0.15, 0.2) is 12.3 Å². The minimum absolute atomic E-state index is 0.191. The topological polar surface area (TPSA) is 169 Å². The number of fused-ring (bicyclic) bond motifs is 1. The van der Waals surface area contributed by atoms with Gasteiger partial charge in [0.25, 0.3) is 0 Å². The molecule has 0 radical (unpaired) electrons. The van der Waals surface area contributed by atoms with Gasteiger partial charge in [-0.1, -0.05) is 0 Å². The van der Waals surface area contributed by atoms with Crippen LogP contribution in [0.5, 0.6) is 0 Å². The summed E-state index contributed by atoms with van der Waals surface area (Å²) in [5.41, 5.74) is -1.87. The van der Waals surface area contributed by atoms with Crippen LogP contribution in [0, 0.1) is 11.8 Å². The molecule has 0 spiro atoms. The third-order valence-electron chi connectivity index (χ3n) is 5.31. The highest BCUT2D eigenvalue weighted by Crippen LogP contribution is 2.46. The van der Waals surface area contributed by atoms with Crippen LogP contribution in [0.4, 0.5) is 0 Å². The lowest BCUT2D eigenvalue weighted by atomic mass is 9.84. The maximum atomic E-state index is 10.6. The molecule has 1 aliphatic carbocycles. The number of ether oxygens (including phenoxy) is 3. The van der Waals surface area contributed by atoms with Crippen LogP contribution < -0.4 is 0 Å². The van der Waals surface area contributed by atoms with Gasteiger partial charge in [-0.3, -0.25) is 0 Å². The van der Waals surface area contributed by atoms with Gasteiger partial charge < -0.3 is 50.0 Å². The zero-order chi connectivity index (χ0) is 18.4. The minimum Gasteiger partial charge on any atom is -0.472 e. The summed E-state index contributed by atoms with van der Waals surface area (Å²) in [7, 11) is 0. The van der Waals surface area contributed by atoms with Crippen molar-refractivity contribution >= 4 is 0 Å². The van der Waals surface area contributed by atoms with E-state index in [4.69, 9.17) is 14.2 Å². The van der Waals surface area contributed by atoms with Crippen molar-refractivity contribution in [3.05, 3.63) is 12.3 Å². The molecule has 3 aliphatic rings. The van der Waals surface area contributed by atoms with Crippen molar-refractivity contribution in [3.8, 4) is 0 Å². The standard InChI is InChI=1S/C15H24O10/c16-4-7-10(19)11(20)12(21)14(24-7)25-13-9-6(1-2-23-13)3-8(18)15(9,22)5-17/h1-2,6-14,16-22H,3-5H2/t6-,7-,8+,9+,10-,11+,12-,13-,14+,15-/m0/s1. The number of hydrogen-bond donors (Lipinski definition) is 7. The second kappa shape index (κ2) is 7.06. The van der Waals surface area contributed by atoms with Gasteiger partial charge in [0.1, 0.15) is 30.0 Å². The van der Waals surface area contributed by atoms with Crippen LogP contribution in [-0.4, -0.2) is 97.7 Å². The van der Waals surface area contributed by atoms with Crippen molar-refractivity contribution in [2.24, 2.45) is 11.8 Å². The predicted molar refractivity (Wildman–Crippen MR) is 78.5 cm³/mol. The van der Waals surface area contributed by atoms with Gasteiger partial charge in [0, 0.05) is 0 Å². The highest BCUT2D eigenvalue weighted by Gasteiger charge is 2.59. The second-order valence-electron chi connectivity index (χ2n) is 6.76. The minimum atomic E-state index is -1.87. The molecule has 0 amide bonds. The maximum absolute atomic E-state index is 10.6. The van der Waals surface area contributed by atoms with Crippen molar-refractivity contribution in [3.63, 3.8) is 0 Å². The largest absolute Gasteiger partial charge is 0.472 e. The molecule has 10 atom stereocenters. The van der Waals surface area contributed by atoms with Crippen LogP contribution in [0.3, 0.4) is 0 Å². The summed E-state index contributed by atoms with van der Waals surface area (Å²) in [6.07, 6.45) is -6.60. The average Bonchev–Trinajstić information content (AvgIpc) is 2.87. The average molecular weight is 364 g/mol. The molecular formula is C15H24O10. The van der Waals surface area contributed by atoms with Crippen LogP contribution in [0.25, 0.3) is 0 Å². The van der Waals surface area contributed by atoms with Crippen molar-refractivity contribution in [1.82, 2.24) is 0 Å². The Labute approximate surface area is 143 Å². The van der Waals surface area contributed by atoms with E-state index in [1.165, 1.54) is 6.26 Å². The van der Waals surface area contributed by atoms with Crippen LogP contribution in [0.1, 0.15) is 6.42 Å². The number of rotatable bonds is 4. The van der Waals surface area contributed by atoms with Gasteiger partial charge in [-0.2, -0.15) is 0 Å². The summed E-state index contributed by atoms with van der Waals surface area (Å²) >= 11 is 0. The number of hydrogen-bond acceptors (Lipinski definition) is 10. The van der Waals surface area contributed by atoms with E-state index in [0.717, 1.165) is 0 Å². The van der Waals surface area contributed by atoms with E-state index in [-0.39, 0.29) is 12.3 Å². The number of aliphatic hydroxyl groups is 7. The first-order valence-corrected chi connectivity index (χ1v) is 8.13. The quantitative estimate of drug-likeness (QED) is 0.264. The molecule has 1 saturated carbocycles. The molecule has 3 rings (SSSR count). The van der Waals surface area contributed by atoms with Crippen molar-refractivity contribution in [2.75, 3.05) is 13.2 Å². The van der Waals surface area contributed by atoms with Crippen molar-refractivity contribution in [2.45, 2.75) is 55.1 Å². The fourth-order valence-corrected chi connectivity index (χ4v) is 3.78. The Morgan fingerprint density at radius 3 is 2.40 bits per heavy atom. The zero-order valence-corrected chi connectivity index (χ0v) is 13.3. The highest BCUT2D eigenvalue weighted by molar-refractivity contribution is 5.11. The first kappa shape index (κ1) is 19.0. The van der Waals surface area contributed by atoms with Crippen LogP contribution in [0.2, 0.25) is 0 Å². The van der Waals surface area contributed by atoms with Gasteiger partial charge in [-0.25, -0.2) is 0 Å². The van der Waals surface area contributed by atoms with Crippen molar-refractivity contribution in [1.29, 1.82) is 0 Å². The first-order valence-electron chi connectivity index (χ1n) is 8.13. The van der Waals surface area contributed by atoms with Gasteiger partial charge in [0.2, 0.25) is 6.29 Å². The fourth-order valence-electron chi connectivity index (χ4n) is 3.78. The molecule has 7 N–H and O–H groups in total. The monoisotopic (exact) mass is 364 g/mol. The fraction of sp³-hybridized carbons (Fsp3) is 0.867. The molecular weight excluding hydrogens is 340 g/mol. The highest BCUT2D eigenvalue weighted by atomic mass is 16.8. The Morgan fingerprint density at radius 1 is 1.04 bits per heavy atom. The Morgan fingerprint density at radius 2 is 1.76 bits per heavy atom. The smallest absolute Gasteiger partial charge is 0.208 e. The lowest BCUT2D eigenvalue weighted by Crippen LogP contribution is -2.61. The third kappa shape index (κ3) is 3.07. The Kier molecular flexibility index (Phi) is 5.36. The lowest BCUT2D eigenvalue weighted by molar-refractivity contribution is -0.348. The number of aliphatic hydroxyl groups excluding tert-OH is 6. The van der Waals surface area contributed by atoms with Gasteiger partial charge in [-0.15, -0.1) is 0 Å². The van der Waals surface area contributed by atoms with E-state index >= 15 is 0 Å². The van der Waals surface area contributed by atoms with Gasteiger partial charge in [0.15, 0.2) is 6.29 Å². The van der Waals surface area contributed by atoms with Crippen LogP contribution >= 0.6 is 0 Å². The van der Waals surface area contributed by atoms with E-state index in [1.807, 2.05) is 0 Å². The second-order valence-corrected chi connectivity index (χ2v) is 6.76. The molecule has 0 aromatic carbocycles. The van der Waals surface area contributed by atoms with E-state index in [9.17, 15) is 35.7 Å². The summed E-state index contributed by atoms with van der Waals surface area (Å²) in [6, 6.07) is 0. The van der Waals surface area contributed by atoms with Crippen LogP contribution in [-0.2, 0) is 14.2 Å². The molecule has 10 heteroatoms. The summed E-state index contributed by atoms with van der Waals surface area (Å²) in [6.45, 7) is -1.33. The molecule has 2 heterocycles. The predicted octanol–water partition coefficient (Wildman–Crippen LogP) is -3.61. The molecule has 10 nitrogen and oxygen atoms in total. The summed E-state index contributed by atoms with van der Waals surface area (Å²) in [5.74, 6) is -1.18. The Bertz CT molecular complexity index is 499. The zero-order valence-electron chi connectivity index (χ0n) is 13.3. The van der Waals surface area contributed by atoms with Crippen molar-refractivity contribution < 1.29 is 50.0 Å². The molecule has 2 fully saturated rings. The van der Waals surface area contributed by atoms with Gasteiger partial charge >= 0.3 is 0 Å². The molecule has 2 aliphatic heterocycles. The summed E-state index contributed by atoms with van der Waals surface area (Å²) in [4.78, 5) is 0. The SMILES string of the molecule is OC[C@@H]1O[C@H](O[C@@H]2OC=C[C@H]3C[C@@H](O)[C@@](O)(CO)[C@@H]23)[C@@H](O)[C@H](O)[C@H]1O. The summed E-state index contributed by atoms with van der Waals surface area (Å²) < 4.78 is 16.1.